The summed E-state index contributed by atoms with van der Waals surface area (Å²) in [6, 6.07) is 11.9. The van der Waals surface area contributed by atoms with Crippen LogP contribution < -0.4 is 5.73 Å². The molecule has 1 aromatic carbocycles. The highest BCUT2D eigenvalue weighted by Gasteiger charge is 2.23. The Balaban J connectivity index is 2.25. The van der Waals surface area contributed by atoms with Crippen LogP contribution in [0.25, 0.3) is 5.69 Å². The third-order valence-corrected chi connectivity index (χ3v) is 3.32. The average molecular weight is 259 g/mol. The van der Waals surface area contributed by atoms with Crippen molar-refractivity contribution in [3.63, 3.8) is 0 Å². The number of ether oxygens (including phenoxy) is 1. The standard InChI is InChI=1S/C15H21N3O/c1-15(2,19-3)11-13(16)14-9-10-17-18(14)12-7-5-4-6-8-12/h4-10,13H,11,16H2,1-3H3. The van der Waals surface area contributed by atoms with Gasteiger partial charge in [-0.05, 0) is 38.5 Å². The van der Waals surface area contributed by atoms with E-state index in [2.05, 4.69) is 5.10 Å². The maximum atomic E-state index is 6.30. The predicted octanol–water partition coefficient (Wildman–Crippen LogP) is 2.69. The molecule has 2 rings (SSSR count). The van der Waals surface area contributed by atoms with Gasteiger partial charge in [-0.15, -0.1) is 0 Å². The molecule has 19 heavy (non-hydrogen) atoms. The average Bonchev–Trinajstić information content (AvgIpc) is 2.88. The van der Waals surface area contributed by atoms with Crippen molar-refractivity contribution < 1.29 is 4.74 Å². The molecule has 0 saturated heterocycles. The van der Waals surface area contributed by atoms with Crippen molar-refractivity contribution in [2.24, 2.45) is 5.73 Å². The summed E-state index contributed by atoms with van der Waals surface area (Å²) in [5.74, 6) is 0. The fourth-order valence-electron chi connectivity index (χ4n) is 2.10. The first-order chi connectivity index (χ1) is 9.03. The zero-order valence-electron chi connectivity index (χ0n) is 11.7. The van der Waals surface area contributed by atoms with E-state index in [1.54, 1.807) is 13.3 Å². The number of aromatic nitrogens is 2. The Morgan fingerprint density at radius 1 is 1.26 bits per heavy atom. The second kappa shape index (κ2) is 5.55. The fourth-order valence-corrected chi connectivity index (χ4v) is 2.10. The Morgan fingerprint density at radius 3 is 2.58 bits per heavy atom. The molecule has 0 aliphatic carbocycles. The van der Waals surface area contributed by atoms with Gasteiger partial charge < -0.3 is 10.5 Å². The number of rotatable bonds is 5. The summed E-state index contributed by atoms with van der Waals surface area (Å²) in [4.78, 5) is 0. The minimum absolute atomic E-state index is 0.113. The predicted molar refractivity (Wildman–Crippen MR) is 76.2 cm³/mol. The summed E-state index contributed by atoms with van der Waals surface area (Å²) in [6.45, 7) is 4.08. The zero-order chi connectivity index (χ0) is 13.9. The van der Waals surface area contributed by atoms with E-state index in [1.165, 1.54) is 0 Å². The molecule has 0 amide bonds. The van der Waals surface area contributed by atoms with Gasteiger partial charge in [0.15, 0.2) is 0 Å². The molecule has 0 fully saturated rings. The van der Waals surface area contributed by atoms with Crippen LogP contribution >= 0.6 is 0 Å². The van der Waals surface area contributed by atoms with E-state index in [4.69, 9.17) is 10.5 Å². The molecule has 0 aliphatic heterocycles. The van der Waals surface area contributed by atoms with Crippen molar-refractivity contribution in [1.29, 1.82) is 0 Å². The molecule has 102 valence electrons. The van der Waals surface area contributed by atoms with Gasteiger partial charge in [0.2, 0.25) is 0 Å². The van der Waals surface area contributed by atoms with Crippen LogP contribution in [0.2, 0.25) is 0 Å². The number of methoxy groups -OCH3 is 1. The van der Waals surface area contributed by atoms with Gasteiger partial charge in [0.25, 0.3) is 0 Å². The van der Waals surface area contributed by atoms with Crippen LogP contribution in [0, 0.1) is 0 Å². The lowest BCUT2D eigenvalue weighted by molar-refractivity contribution is 0.00951. The summed E-state index contributed by atoms with van der Waals surface area (Å²) in [5, 5.41) is 4.36. The van der Waals surface area contributed by atoms with E-state index in [9.17, 15) is 0 Å². The van der Waals surface area contributed by atoms with Crippen molar-refractivity contribution >= 4 is 0 Å². The van der Waals surface area contributed by atoms with Crippen LogP contribution in [-0.4, -0.2) is 22.5 Å². The molecule has 1 aromatic heterocycles. The maximum Gasteiger partial charge on any atom is 0.0649 e. The fraction of sp³-hybridized carbons (Fsp3) is 0.400. The minimum Gasteiger partial charge on any atom is -0.379 e. The first-order valence-corrected chi connectivity index (χ1v) is 6.43. The molecule has 1 heterocycles. The van der Waals surface area contributed by atoms with Crippen LogP contribution in [0.5, 0.6) is 0 Å². The van der Waals surface area contributed by atoms with Crippen LogP contribution in [0.3, 0.4) is 0 Å². The summed E-state index contributed by atoms with van der Waals surface area (Å²) >= 11 is 0. The smallest absolute Gasteiger partial charge is 0.0649 e. The number of para-hydroxylation sites is 1. The number of hydrogen-bond acceptors (Lipinski definition) is 3. The van der Waals surface area contributed by atoms with Crippen LogP contribution in [0.4, 0.5) is 0 Å². The van der Waals surface area contributed by atoms with E-state index in [-0.39, 0.29) is 11.6 Å². The number of nitrogens with two attached hydrogens (primary N) is 1. The molecule has 2 N–H and O–H groups in total. The topological polar surface area (TPSA) is 53.1 Å². The summed E-state index contributed by atoms with van der Waals surface area (Å²) in [6.07, 6.45) is 2.52. The maximum absolute atomic E-state index is 6.30. The largest absolute Gasteiger partial charge is 0.379 e. The van der Waals surface area contributed by atoms with Crippen molar-refractivity contribution in [2.75, 3.05) is 7.11 Å². The molecule has 0 aliphatic rings. The summed E-state index contributed by atoms with van der Waals surface area (Å²) < 4.78 is 7.33. The lowest BCUT2D eigenvalue weighted by Crippen LogP contribution is -2.29. The van der Waals surface area contributed by atoms with Crippen molar-refractivity contribution in [3.8, 4) is 5.69 Å². The zero-order valence-corrected chi connectivity index (χ0v) is 11.7. The third-order valence-electron chi connectivity index (χ3n) is 3.32. The molecule has 1 unspecified atom stereocenters. The highest BCUT2D eigenvalue weighted by atomic mass is 16.5. The van der Waals surface area contributed by atoms with Gasteiger partial charge in [-0.25, -0.2) is 4.68 Å². The Hall–Kier alpha value is -1.65. The van der Waals surface area contributed by atoms with E-state index in [1.807, 2.05) is 54.9 Å². The Morgan fingerprint density at radius 2 is 1.95 bits per heavy atom. The van der Waals surface area contributed by atoms with Gasteiger partial charge in [0.1, 0.15) is 0 Å². The van der Waals surface area contributed by atoms with E-state index < -0.39 is 0 Å². The van der Waals surface area contributed by atoms with Gasteiger partial charge >= 0.3 is 0 Å². The van der Waals surface area contributed by atoms with E-state index in [0.29, 0.717) is 0 Å². The highest BCUT2D eigenvalue weighted by Crippen LogP contribution is 2.25. The molecule has 2 aromatic rings. The second-order valence-electron chi connectivity index (χ2n) is 5.28. The summed E-state index contributed by atoms with van der Waals surface area (Å²) in [7, 11) is 1.71. The number of nitrogens with zero attached hydrogens (tertiary/aromatic N) is 2. The van der Waals surface area contributed by atoms with Gasteiger partial charge in [-0.1, -0.05) is 18.2 Å². The van der Waals surface area contributed by atoms with Crippen LogP contribution in [0.1, 0.15) is 32.0 Å². The SMILES string of the molecule is COC(C)(C)CC(N)c1ccnn1-c1ccccc1. The number of hydrogen-bond donors (Lipinski definition) is 1. The lowest BCUT2D eigenvalue weighted by atomic mass is 9.97. The van der Waals surface area contributed by atoms with Crippen molar-refractivity contribution in [3.05, 3.63) is 48.3 Å². The molecule has 0 radical (unpaired) electrons. The van der Waals surface area contributed by atoms with Gasteiger partial charge in [0.05, 0.1) is 17.0 Å². The van der Waals surface area contributed by atoms with Gasteiger partial charge in [0, 0.05) is 19.3 Å². The lowest BCUT2D eigenvalue weighted by Gasteiger charge is -2.26. The Labute approximate surface area is 114 Å². The van der Waals surface area contributed by atoms with Crippen molar-refractivity contribution in [2.45, 2.75) is 31.9 Å². The minimum atomic E-state index is -0.245. The van der Waals surface area contributed by atoms with E-state index in [0.717, 1.165) is 17.8 Å². The van der Waals surface area contributed by atoms with E-state index >= 15 is 0 Å². The van der Waals surface area contributed by atoms with Gasteiger partial charge in [-0.2, -0.15) is 5.10 Å². The van der Waals surface area contributed by atoms with Crippen LogP contribution in [0.15, 0.2) is 42.6 Å². The first-order valence-electron chi connectivity index (χ1n) is 6.43. The second-order valence-corrected chi connectivity index (χ2v) is 5.28. The monoisotopic (exact) mass is 259 g/mol. The molecule has 0 saturated carbocycles. The molecular formula is C15H21N3O. The molecular weight excluding hydrogens is 238 g/mol. The van der Waals surface area contributed by atoms with Crippen LogP contribution in [-0.2, 0) is 4.74 Å². The summed E-state index contributed by atoms with van der Waals surface area (Å²) in [5.41, 5.74) is 8.07. The molecule has 1 atom stereocenters. The molecule has 0 bridgehead atoms. The Bertz CT molecular complexity index is 519. The highest BCUT2D eigenvalue weighted by molar-refractivity contribution is 5.33. The van der Waals surface area contributed by atoms with Gasteiger partial charge in [-0.3, -0.25) is 0 Å². The quantitative estimate of drug-likeness (QED) is 0.898. The van der Waals surface area contributed by atoms with Crippen molar-refractivity contribution in [1.82, 2.24) is 9.78 Å². The molecule has 4 nitrogen and oxygen atoms in total. The third kappa shape index (κ3) is 3.22. The molecule has 4 heteroatoms. The first kappa shape index (κ1) is 13.8. The normalized spacial score (nSPS) is 13.5. The Kier molecular flexibility index (Phi) is 4.02. The molecule has 0 spiro atoms. The number of benzene rings is 1.